The van der Waals surface area contributed by atoms with Gasteiger partial charge in [-0.05, 0) is 29.3 Å². The molecule has 0 unspecified atom stereocenters. The van der Waals surface area contributed by atoms with E-state index in [0.29, 0.717) is 34.5 Å². The van der Waals surface area contributed by atoms with Crippen LogP contribution in [0.25, 0.3) is 5.69 Å². The first-order valence-electron chi connectivity index (χ1n) is 8.45. The Hall–Kier alpha value is -2.15. The summed E-state index contributed by atoms with van der Waals surface area (Å²) in [6.45, 7) is 7.61. The van der Waals surface area contributed by atoms with Gasteiger partial charge >= 0.3 is 0 Å². The number of amides is 1. The Morgan fingerprint density at radius 2 is 2.04 bits per heavy atom. The molecule has 136 valence electrons. The molecule has 1 amide bonds. The summed E-state index contributed by atoms with van der Waals surface area (Å²) in [5.74, 6) is 0.838. The monoisotopic (exact) mass is 365 g/mol. The minimum absolute atomic E-state index is 0.0867. The normalized spacial score (nSPS) is 11.0. The van der Waals surface area contributed by atoms with Crippen molar-refractivity contribution in [1.29, 1.82) is 0 Å². The Labute approximate surface area is 152 Å². The summed E-state index contributed by atoms with van der Waals surface area (Å²) < 4.78 is 6.86. The molecule has 8 heteroatoms. The molecule has 0 saturated heterocycles. The van der Waals surface area contributed by atoms with Crippen LogP contribution >= 0.6 is 11.6 Å². The first-order chi connectivity index (χ1) is 12.0. The van der Waals surface area contributed by atoms with Gasteiger partial charge in [-0.15, -0.1) is 5.10 Å². The summed E-state index contributed by atoms with van der Waals surface area (Å²) in [5.41, 5.74) is 1.00. The fourth-order valence-electron chi connectivity index (χ4n) is 2.71. The van der Waals surface area contributed by atoms with Gasteiger partial charge in [0.1, 0.15) is 12.1 Å². The molecule has 2 aromatic rings. The smallest absolute Gasteiger partial charge is 0.257 e. The van der Waals surface area contributed by atoms with Crippen molar-refractivity contribution in [3.05, 3.63) is 29.0 Å². The number of hydrogen-bond acceptors (Lipinski definition) is 5. The Morgan fingerprint density at radius 3 is 2.56 bits per heavy atom. The fourth-order valence-corrected chi connectivity index (χ4v) is 2.96. The molecule has 0 radical (unpaired) electrons. The van der Waals surface area contributed by atoms with Gasteiger partial charge < -0.3 is 9.64 Å². The van der Waals surface area contributed by atoms with Crippen molar-refractivity contribution in [1.82, 2.24) is 25.1 Å². The van der Waals surface area contributed by atoms with Gasteiger partial charge in [-0.2, -0.15) is 4.68 Å². The third-order valence-corrected chi connectivity index (χ3v) is 4.70. The van der Waals surface area contributed by atoms with E-state index in [4.69, 9.17) is 16.3 Å². The lowest BCUT2D eigenvalue weighted by molar-refractivity contribution is 0.0731. The summed E-state index contributed by atoms with van der Waals surface area (Å²) in [6.07, 6.45) is 3.51. The van der Waals surface area contributed by atoms with Gasteiger partial charge in [-0.25, -0.2) is 0 Å². The second-order valence-corrected chi connectivity index (χ2v) is 6.19. The SMILES string of the molecule is CCC(CC)CN(CC)C(=O)c1cc(Cl)c(-n2cnnn2)cc1OC. The predicted molar refractivity (Wildman–Crippen MR) is 96.4 cm³/mol. The van der Waals surface area contributed by atoms with E-state index in [1.54, 1.807) is 12.1 Å². The molecule has 0 N–H and O–H groups in total. The highest BCUT2D eigenvalue weighted by atomic mass is 35.5. The van der Waals surface area contributed by atoms with E-state index in [9.17, 15) is 4.79 Å². The van der Waals surface area contributed by atoms with E-state index in [2.05, 4.69) is 29.4 Å². The molecule has 2 rings (SSSR count). The number of carbonyl (C=O) groups excluding carboxylic acids is 1. The predicted octanol–water partition coefficient (Wildman–Crippen LogP) is 3.22. The average Bonchev–Trinajstić information content (AvgIpc) is 3.16. The first kappa shape index (κ1) is 19.2. The lowest BCUT2D eigenvalue weighted by atomic mass is 10.0. The number of benzene rings is 1. The van der Waals surface area contributed by atoms with Crippen LogP contribution in [0.5, 0.6) is 5.75 Å². The molecule has 7 nitrogen and oxygen atoms in total. The van der Waals surface area contributed by atoms with Gasteiger partial charge in [0.05, 0.1) is 23.4 Å². The number of methoxy groups -OCH3 is 1. The molecule has 1 heterocycles. The fraction of sp³-hybridized carbons (Fsp3) is 0.529. The van der Waals surface area contributed by atoms with Crippen LogP contribution in [0.2, 0.25) is 5.02 Å². The van der Waals surface area contributed by atoms with E-state index in [0.717, 1.165) is 19.4 Å². The minimum Gasteiger partial charge on any atom is -0.496 e. The Balaban J connectivity index is 2.36. The molecule has 1 aromatic heterocycles. The van der Waals surface area contributed by atoms with E-state index in [1.165, 1.54) is 18.1 Å². The number of nitrogens with zero attached hydrogens (tertiary/aromatic N) is 5. The Morgan fingerprint density at radius 1 is 1.32 bits per heavy atom. The van der Waals surface area contributed by atoms with Crippen LogP contribution < -0.4 is 4.74 Å². The molecule has 0 aliphatic carbocycles. The van der Waals surface area contributed by atoms with E-state index in [1.807, 2.05) is 11.8 Å². The van der Waals surface area contributed by atoms with Crippen molar-refractivity contribution in [2.24, 2.45) is 5.92 Å². The molecular weight excluding hydrogens is 342 g/mol. The third-order valence-electron chi connectivity index (χ3n) is 4.40. The number of aromatic nitrogens is 4. The molecular formula is C17H24ClN5O2. The second-order valence-electron chi connectivity index (χ2n) is 5.78. The average molecular weight is 366 g/mol. The van der Waals surface area contributed by atoms with E-state index in [-0.39, 0.29) is 5.91 Å². The number of carbonyl (C=O) groups is 1. The van der Waals surface area contributed by atoms with Crippen LogP contribution in [0, 0.1) is 5.92 Å². The summed E-state index contributed by atoms with van der Waals surface area (Å²) in [6, 6.07) is 3.30. The summed E-state index contributed by atoms with van der Waals surface area (Å²) in [4.78, 5) is 14.8. The maximum absolute atomic E-state index is 13.0. The van der Waals surface area contributed by atoms with Crippen LogP contribution in [0.1, 0.15) is 44.0 Å². The van der Waals surface area contributed by atoms with Gasteiger partial charge in [-0.3, -0.25) is 4.79 Å². The van der Waals surface area contributed by atoms with E-state index < -0.39 is 0 Å². The zero-order valence-electron chi connectivity index (χ0n) is 15.1. The van der Waals surface area contributed by atoms with Gasteiger partial charge in [-0.1, -0.05) is 38.3 Å². The molecule has 0 fully saturated rings. The van der Waals surface area contributed by atoms with Gasteiger partial charge in [0.25, 0.3) is 5.91 Å². The molecule has 1 aromatic carbocycles. The minimum atomic E-state index is -0.0867. The highest BCUT2D eigenvalue weighted by Crippen LogP contribution is 2.30. The van der Waals surface area contributed by atoms with Crippen LogP contribution in [0.4, 0.5) is 0 Å². The molecule has 0 aliphatic rings. The quantitative estimate of drug-likeness (QED) is 0.718. The van der Waals surface area contributed by atoms with Crippen molar-refractivity contribution in [3.8, 4) is 11.4 Å². The molecule has 0 atom stereocenters. The largest absolute Gasteiger partial charge is 0.496 e. The number of rotatable bonds is 8. The number of tetrazole rings is 1. The zero-order valence-corrected chi connectivity index (χ0v) is 15.8. The Kier molecular flexibility index (Phi) is 6.75. The first-order valence-corrected chi connectivity index (χ1v) is 8.83. The maximum atomic E-state index is 13.0. The Bertz CT molecular complexity index is 701. The van der Waals surface area contributed by atoms with Gasteiger partial charge in [0.15, 0.2) is 0 Å². The number of ether oxygens (including phenoxy) is 1. The summed E-state index contributed by atoms with van der Waals surface area (Å²) in [5, 5.41) is 11.4. The van der Waals surface area contributed by atoms with Crippen molar-refractivity contribution in [2.75, 3.05) is 20.2 Å². The maximum Gasteiger partial charge on any atom is 0.257 e. The number of halogens is 1. The summed E-state index contributed by atoms with van der Waals surface area (Å²) >= 11 is 6.36. The van der Waals surface area contributed by atoms with Gasteiger partial charge in [0.2, 0.25) is 0 Å². The molecule has 0 spiro atoms. The van der Waals surface area contributed by atoms with Crippen molar-refractivity contribution in [3.63, 3.8) is 0 Å². The second kappa shape index (κ2) is 8.80. The zero-order chi connectivity index (χ0) is 18.4. The highest BCUT2D eigenvalue weighted by Gasteiger charge is 2.23. The van der Waals surface area contributed by atoms with Gasteiger partial charge in [0, 0.05) is 19.2 Å². The van der Waals surface area contributed by atoms with Crippen LogP contribution in [-0.2, 0) is 0 Å². The van der Waals surface area contributed by atoms with E-state index >= 15 is 0 Å². The van der Waals surface area contributed by atoms with Crippen molar-refractivity contribution < 1.29 is 9.53 Å². The lowest BCUT2D eigenvalue weighted by Crippen LogP contribution is -2.35. The van der Waals surface area contributed by atoms with Crippen LogP contribution in [0.15, 0.2) is 18.5 Å². The topological polar surface area (TPSA) is 73.1 Å². The van der Waals surface area contributed by atoms with Crippen molar-refractivity contribution in [2.45, 2.75) is 33.6 Å². The molecule has 0 aliphatic heterocycles. The molecule has 25 heavy (non-hydrogen) atoms. The van der Waals surface area contributed by atoms with Crippen LogP contribution in [0.3, 0.4) is 0 Å². The van der Waals surface area contributed by atoms with Crippen molar-refractivity contribution >= 4 is 17.5 Å². The molecule has 0 saturated carbocycles. The standard InChI is InChI=1S/C17H24ClN5O2/c1-5-12(6-2)10-22(7-3)17(24)13-8-14(18)15(9-16(13)25-4)23-11-19-20-21-23/h8-9,11-12H,5-7,10H2,1-4H3. The summed E-state index contributed by atoms with van der Waals surface area (Å²) in [7, 11) is 1.53. The number of hydrogen-bond donors (Lipinski definition) is 0. The third kappa shape index (κ3) is 4.28. The van der Waals surface area contributed by atoms with Crippen LogP contribution in [-0.4, -0.2) is 51.2 Å². The molecule has 0 bridgehead atoms. The lowest BCUT2D eigenvalue weighted by Gasteiger charge is -2.26. The highest BCUT2D eigenvalue weighted by molar-refractivity contribution is 6.33.